The van der Waals surface area contributed by atoms with Crippen molar-refractivity contribution in [2.24, 2.45) is 0 Å². The summed E-state index contributed by atoms with van der Waals surface area (Å²) in [5, 5.41) is 20.2. The van der Waals surface area contributed by atoms with E-state index in [4.69, 9.17) is 14.9 Å². The van der Waals surface area contributed by atoms with Gasteiger partial charge in [-0.15, -0.1) is 0 Å². The van der Waals surface area contributed by atoms with Crippen LogP contribution < -0.4 is 10.1 Å². The minimum absolute atomic E-state index is 0.306. The second kappa shape index (κ2) is 6.58. The maximum absolute atomic E-state index is 11.7. The number of rotatable bonds is 5. The molecule has 0 aliphatic carbocycles. The highest BCUT2D eigenvalue weighted by molar-refractivity contribution is 9.10. The average Bonchev–Trinajstić information content (AvgIpc) is 2.35. The number of hydrogen-bond acceptors (Lipinski definition) is 4. The molecule has 17 heavy (non-hydrogen) atoms. The number of hydrogen-bond donors (Lipinski definition) is 3. The lowest BCUT2D eigenvalue weighted by molar-refractivity contribution is 0.0879. The third-order valence-electron chi connectivity index (χ3n) is 2.19. The fraction of sp³-hybridized carbons (Fsp3) is 0.364. The fourth-order valence-corrected chi connectivity index (χ4v) is 1.77. The van der Waals surface area contributed by atoms with Gasteiger partial charge in [-0.3, -0.25) is 4.79 Å². The van der Waals surface area contributed by atoms with Crippen molar-refractivity contribution in [3.05, 3.63) is 28.2 Å². The Hall–Kier alpha value is -1.11. The maximum Gasteiger partial charge on any atom is 0.251 e. The molecule has 6 heteroatoms. The van der Waals surface area contributed by atoms with Crippen LogP contribution in [0.3, 0.4) is 0 Å². The van der Waals surface area contributed by atoms with Gasteiger partial charge >= 0.3 is 0 Å². The molecule has 0 bridgehead atoms. The molecule has 0 spiro atoms. The molecule has 0 fully saturated rings. The van der Waals surface area contributed by atoms with E-state index in [-0.39, 0.29) is 19.1 Å². The molecular formula is C11H14BrNO4. The van der Waals surface area contributed by atoms with Gasteiger partial charge in [0.05, 0.1) is 30.8 Å². The van der Waals surface area contributed by atoms with Crippen molar-refractivity contribution in [2.45, 2.75) is 6.04 Å². The van der Waals surface area contributed by atoms with Crippen LogP contribution in [-0.2, 0) is 0 Å². The molecule has 5 nitrogen and oxygen atoms in total. The largest absolute Gasteiger partial charge is 0.496 e. The minimum atomic E-state index is -0.650. The molecule has 0 unspecified atom stereocenters. The van der Waals surface area contributed by atoms with Crippen molar-refractivity contribution in [1.29, 1.82) is 0 Å². The van der Waals surface area contributed by atoms with Crippen LogP contribution in [0.1, 0.15) is 10.4 Å². The molecule has 1 rings (SSSR count). The van der Waals surface area contributed by atoms with E-state index in [0.29, 0.717) is 15.8 Å². The van der Waals surface area contributed by atoms with Crippen molar-refractivity contribution in [3.63, 3.8) is 0 Å². The maximum atomic E-state index is 11.7. The zero-order valence-electron chi connectivity index (χ0n) is 9.31. The van der Waals surface area contributed by atoms with Crippen LogP contribution in [0, 0.1) is 0 Å². The van der Waals surface area contributed by atoms with E-state index in [0.717, 1.165) is 0 Å². The molecule has 0 aliphatic rings. The number of carbonyl (C=O) groups is 1. The van der Waals surface area contributed by atoms with Gasteiger partial charge in [-0.05, 0) is 34.1 Å². The summed E-state index contributed by atoms with van der Waals surface area (Å²) in [6, 6.07) is 4.22. The predicted molar refractivity (Wildman–Crippen MR) is 66.1 cm³/mol. The second-order valence-corrected chi connectivity index (χ2v) is 4.24. The van der Waals surface area contributed by atoms with E-state index in [2.05, 4.69) is 21.2 Å². The van der Waals surface area contributed by atoms with E-state index in [1.807, 2.05) is 0 Å². The standard InChI is InChI=1S/C11H14BrNO4/c1-17-10-3-2-7(4-9(10)12)11(16)13-8(5-14)6-15/h2-4,8,14-15H,5-6H2,1H3,(H,13,16). The zero-order chi connectivity index (χ0) is 12.8. The summed E-state index contributed by atoms with van der Waals surface area (Å²) in [6.45, 7) is -0.612. The van der Waals surface area contributed by atoms with Crippen LogP contribution in [0.4, 0.5) is 0 Å². The number of ether oxygens (including phenoxy) is 1. The number of nitrogens with one attached hydrogen (secondary N) is 1. The Balaban J connectivity index is 2.79. The monoisotopic (exact) mass is 303 g/mol. The number of benzene rings is 1. The molecule has 0 heterocycles. The first kappa shape index (κ1) is 14.0. The quantitative estimate of drug-likeness (QED) is 0.742. The van der Waals surface area contributed by atoms with Gasteiger partial charge in [0.2, 0.25) is 0 Å². The minimum Gasteiger partial charge on any atom is -0.496 e. The van der Waals surface area contributed by atoms with Crippen LogP contribution in [-0.4, -0.2) is 42.5 Å². The van der Waals surface area contributed by atoms with Gasteiger partial charge in [0.25, 0.3) is 5.91 Å². The number of carbonyl (C=O) groups excluding carboxylic acids is 1. The van der Waals surface area contributed by atoms with Crippen LogP contribution >= 0.6 is 15.9 Å². The molecule has 0 aromatic heterocycles. The molecule has 1 aromatic rings. The summed E-state index contributed by atoms with van der Waals surface area (Å²) in [6.07, 6.45) is 0. The molecule has 0 saturated heterocycles. The molecule has 3 N–H and O–H groups in total. The van der Waals surface area contributed by atoms with Crippen LogP contribution in [0.15, 0.2) is 22.7 Å². The van der Waals surface area contributed by atoms with E-state index >= 15 is 0 Å². The third kappa shape index (κ3) is 3.69. The number of aliphatic hydroxyl groups excluding tert-OH is 2. The van der Waals surface area contributed by atoms with Crippen molar-refractivity contribution < 1.29 is 19.7 Å². The number of methoxy groups -OCH3 is 1. The Bertz CT molecular complexity index is 393. The summed E-state index contributed by atoms with van der Waals surface area (Å²) >= 11 is 3.27. The first-order valence-electron chi connectivity index (χ1n) is 4.98. The van der Waals surface area contributed by atoms with Crippen molar-refractivity contribution in [1.82, 2.24) is 5.32 Å². The molecule has 0 atom stereocenters. The number of amides is 1. The Morgan fingerprint density at radius 1 is 1.47 bits per heavy atom. The Labute approximate surface area is 108 Å². The third-order valence-corrected chi connectivity index (χ3v) is 2.81. The molecule has 0 saturated carbocycles. The number of aliphatic hydroxyl groups is 2. The van der Waals surface area contributed by atoms with Gasteiger partial charge in [-0.2, -0.15) is 0 Å². The average molecular weight is 304 g/mol. The van der Waals surface area contributed by atoms with Gasteiger partial charge in [-0.25, -0.2) is 0 Å². The highest BCUT2D eigenvalue weighted by Gasteiger charge is 2.13. The highest BCUT2D eigenvalue weighted by atomic mass is 79.9. The number of halogens is 1. The lowest BCUT2D eigenvalue weighted by Gasteiger charge is -2.13. The van der Waals surface area contributed by atoms with Gasteiger partial charge in [0.1, 0.15) is 5.75 Å². The van der Waals surface area contributed by atoms with Crippen molar-refractivity contribution in [2.75, 3.05) is 20.3 Å². The summed E-state index contributed by atoms with van der Waals surface area (Å²) < 4.78 is 5.71. The summed E-state index contributed by atoms with van der Waals surface area (Å²) in [5.74, 6) is 0.267. The SMILES string of the molecule is COc1ccc(C(=O)NC(CO)CO)cc1Br. The van der Waals surface area contributed by atoms with Gasteiger partial charge in [0.15, 0.2) is 0 Å². The van der Waals surface area contributed by atoms with E-state index < -0.39 is 6.04 Å². The fourth-order valence-electron chi connectivity index (χ4n) is 1.23. The molecule has 1 amide bonds. The molecule has 94 valence electrons. The van der Waals surface area contributed by atoms with E-state index in [9.17, 15) is 4.79 Å². The normalized spacial score (nSPS) is 10.4. The predicted octanol–water partition coefficient (Wildman–Crippen LogP) is 0.541. The lowest BCUT2D eigenvalue weighted by atomic mass is 10.2. The van der Waals surface area contributed by atoms with Crippen molar-refractivity contribution >= 4 is 21.8 Å². The first-order chi connectivity index (χ1) is 8.12. The van der Waals surface area contributed by atoms with Gasteiger partial charge in [-0.1, -0.05) is 0 Å². The highest BCUT2D eigenvalue weighted by Crippen LogP contribution is 2.25. The van der Waals surface area contributed by atoms with E-state index in [1.165, 1.54) is 7.11 Å². The smallest absolute Gasteiger partial charge is 0.251 e. The van der Waals surface area contributed by atoms with Crippen LogP contribution in [0.25, 0.3) is 0 Å². The lowest BCUT2D eigenvalue weighted by Crippen LogP contribution is -2.40. The Morgan fingerprint density at radius 3 is 2.59 bits per heavy atom. The summed E-state index contributed by atoms with van der Waals surface area (Å²) in [7, 11) is 1.54. The molecule has 0 radical (unpaired) electrons. The topological polar surface area (TPSA) is 78.8 Å². The molecule has 1 aromatic carbocycles. The van der Waals surface area contributed by atoms with Crippen molar-refractivity contribution in [3.8, 4) is 5.75 Å². The Kier molecular flexibility index (Phi) is 5.40. The second-order valence-electron chi connectivity index (χ2n) is 3.38. The van der Waals surface area contributed by atoms with Crippen LogP contribution in [0.5, 0.6) is 5.75 Å². The van der Waals surface area contributed by atoms with E-state index in [1.54, 1.807) is 18.2 Å². The van der Waals surface area contributed by atoms with Crippen LogP contribution in [0.2, 0.25) is 0 Å². The zero-order valence-corrected chi connectivity index (χ0v) is 10.9. The molecule has 0 aliphatic heterocycles. The first-order valence-corrected chi connectivity index (χ1v) is 5.77. The van der Waals surface area contributed by atoms with Gasteiger partial charge < -0.3 is 20.3 Å². The molecular weight excluding hydrogens is 290 g/mol. The summed E-state index contributed by atoms with van der Waals surface area (Å²) in [5.41, 5.74) is 0.421. The van der Waals surface area contributed by atoms with Gasteiger partial charge in [0, 0.05) is 5.56 Å². The summed E-state index contributed by atoms with van der Waals surface area (Å²) in [4.78, 5) is 11.7. The Morgan fingerprint density at radius 2 is 2.12 bits per heavy atom.